The van der Waals surface area contributed by atoms with Gasteiger partial charge in [0.1, 0.15) is 0 Å². The number of nitrogens with two attached hydrogens (primary N) is 1. The number of anilines is 1. The number of fused-ring (bicyclic) bond motifs is 1. The molecule has 35 heavy (non-hydrogen) atoms. The minimum Gasteiger partial charge on any atom is -0.494 e. The lowest BCUT2D eigenvalue weighted by Crippen LogP contribution is -2.39. The minimum absolute atomic E-state index is 0.199. The number of carbonyl (C=O) groups excluding carboxylic acids is 1. The van der Waals surface area contributed by atoms with Crippen molar-refractivity contribution in [3.63, 3.8) is 0 Å². The number of methoxy groups -OCH3 is 2. The molecule has 0 bridgehead atoms. The second-order valence-electron chi connectivity index (χ2n) is 8.82. The largest absolute Gasteiger partial charge is 0.494 e. The third kappa shape index (κ3) is 4.35. The van der Waals surface area contributed by atoms with Gasteiger partial charge < -0.3 is 24.7 Å². The Morgan fingerprint density at radius 2 is 1.66 bits per heavy atom. The van der Waals surface area contributed by atoms with Crippen LogP contribution in [0.5, 0.6) is 5.75 Å². The molecule has 4 aromatic rings. The molecule has 1 aromatic heterocycles. The molecule has 0 saturated carbocycles. The average molecular weight is 474 g/mol. The summed E-state index contributed by atoms with van der Waals surface area (Å²) < 4.78 is 26.7. The van der Waals surface area contributed by atoms with Crippen LogP contribution in [-0.2, 0) is 4.74 Å². The first-order valence-corrected chi connectivity index (χ1v) is 11.7. The van der Waals surface area contributed by atoms with Crippen LogP contribution >= 0.6 is 0 Å². The van der Waals surface area contributed by atoms with Gasteiger partial charge in [0.2, 0.25) is 0 Å². The fourth-order valence-electron chi connectivity index (χ4n) is 4.74. The van der Waals surface area contributed by atoms with Gasteiger partial charge in [-0.05, 0) is 79.6 Å². The molecule has 1 saturated heterocycles. The van der Waals surface area contributed by atoms with E-state index < -0.39 is 11.8 Å². The molecule has 2 N–H and O–H groups in total. The molecular formula is C28H28FN3O3. The van der Waals surface area contributed by atoms with Crippen molar-refractivity contribution in [3.05, 3.63) is 78.1 Å². The number of ether oxygens (including phenoxy) is 2. The van der Waals surface area contributed by atoms with E-state index >= 15 is 0 Å². The second kappa shape index (κ2) is 9.43. The smallest absolute Gasteiger partial charge is 0.337 e. The molecule has 0 amide bonds. The highest BCUT2D eigenvalue weighted by Gasteiger charge is 2.19. The van der Waals surface area contributed by atoms with Crippen molar-refractivity contribution in [1.82, 2.24) is 4.57 Å². The Morgan fingerprint density at radius 3 is 2.31 bits per heavy atom. The van der Waals surface area contributed by atoms with E-state index in [1.807, 2.05) is 18.2 Å². The number of halogens is 1. The molecule has 1 aliphatic rings. The van der Waals surface area contributed by atoms with Gasteiger partial charge in [0.15, 0.2) is 11.6 Å². The predicted octanol–water partition coefficient (Wildman–Crippen LogP) is 5.16. The van der Waals surface area contributed by atoms with Crippen molar-refractivity contribution in [2.45, 2.75) is 18.9 Å². The molecular weight excluding hydrogens is 445 g/mol. The van der Waals surface area contributed by atoms with E-state index in [2.05, 4.69) is 33.7 Å². The van der Waals surface area contributed by atoms with Gasteiger partial charge in [-0.25, -0.2) is 9.18 Å². The number of nitrogens with zero attached hydrogens (tertiary/aromatic N) is 2. The molecule has 2 heterocycles. The Balaban J connectivity index is 1.64. The summed E-state index contributed by atoms with van der Waals surface area (Å²) in [4.78, 5) is 14.3. The van der Waals surface area contributed by atoms with E-state index in [4.69, 9.17) is 15.2 Å². The quantitative estimate of drug-likeness (QED) is 0.406. The van der Waals surface area contributed by atoms with Crippen LogP contribution in [-0.4, -0.2) is 43.9 Å². The van der Waals surface area contributed by atoms with Gasteiger partial charge in [-0.1, -0.05) is 0 Å². The molecule has 6 nitrogen and oxygen atoms in total. The average Bonchev–Trinajstić information content (AvgIpc) is 3.27. The molecule has 0 radical (unpaired) electrons. The first kappa shape index (κ1) is 22.9. The molecule has 5 rings (SSSR count). The maximum Gasteiger partial charge on any atom is 0.337 e. The summed E-state index contributed by atoms with van der Waals surface area (Å²) in [7, 11) is 2.81. The fraction of sp³-hybridized carbons (Fsp3) is 0.250. The first-order valence-electron chi connectivity index (χ1n) is 11.7. The van der Waals surface area contributed by atoms with Crippen LogP contribution in [0.4, 0.5) is 10.1 Å². The van der Waals surface area contributed by atoms with Crippen LogP contribution in [0.2, 0.25) is 0 Å². The zero-order valence-corrected chi connectivity index (χ0v) is 19.8. The summed E-state index contributed by atoms with van der Waals surface area (Å²) in [6, 6.07) is 20.9. The SMILES string of the molecule is COC(=O)c1ccc(-n2c(-c3ccc(OC)c(F)c3)cc3cc(N4CCC(N)CC4)ccc32)cc1. The van der Waals surface area contributed by atoms with Gasteiger partial charge in [-0.15, -0.1) is 0 Å². The number of carbonyl (C=O) groups is 1. The zero-order chi connectivity index (χ0) is 24.5. The monoisotopic (exact) mass is 473 g/mol. The maximum atomic E-state index is 14.6. The minimum atomic E-state index is -0.423. The van der Waals surface area contributed by atoms with Crippen molar-refractivity contribution in [1.29, 1.82) is 0 Å². The molecule has 1 aliphatic heterocycles. The number of rotatable bonds is 5. The van der Waals surface area contributed by atoms with Crippen molar-refractivity contribution in [2.75, 3.05) is 32.2 Å². The van der Waals surface area contributed by atoms with Gasteiger partial charge in [-0.2, -0.15) is 0 Å². The molecule has 0 atom stereocenters. The molecule has 7 heteroatoms. The van der Waals surface area contributed by atoms with Crippen molar-refractivity contribution in [3.8, 4) is 22.7 Å². The molecule has 180 valence electrons. The first-order chi connectivity index (χ1) is 17.0. The summed E-state index contributed by atoms with van der Waals surface area (Å²) in [5.74, 6) is -0.616. The van der Waals surface area contributed by atoms with Crippen molar-refractivity contribution < 1.29 is 18.7 Å². The normalized spacial score (nSPS) is 14.3. The Kier molecular flexibility index (Phi) is 6.17. The van der Waals surface area contributed by atoms with Gasteiger partial charge in [0.25, 0.3) is 0 Å². The Morgan fingerprint density at radius 1 is 0.943 bits per heavy atom. The third-order valence-electron chi connectivity index (χ3n) is 6.68. The Bertz CT molecular complexity index is 1370. The van der Waals surface area contributed by atoms with E-state index in [1.165, 1.54) is 20.3 Å². The highest BCUT2D eigenvalue weighted by molar-refractivity contribution is 5.92. The van der Waals surface area contributed by atoms with Crippen molar-refractivity contribution >= 4 is 22.6 Å². The summed E-state index contributed by atoms with van der Waals surface area (Å²) in [5.41, 5.74) is 11.1. The Hall–Kier alpha value is -3.84. The van der Waals surface area contributed by atoms with Gasteiger partial charge in [0, 0.05) is 41.5 Å². The van der Waals surface area contributed by atoms with Crippen LogP contribution in [0.15, 0.2) is 66.7 Å². The highest BCUT2D eigenvalue weighted by atomic mass is 19.1. The second-order valence-corrected chi connectivity index (χ2v) is 8.82. The summed E-state index contributed by atoms with van der Waals surface area (Å²) in [6.45, 7) is 1.86. The molecule has 1 fully saturated rings. The van der Waals surface area contributed by atoms with Crippen molar-refractivity contribution in [2.24, 2.45) is 5.73 Å². The standard InChI is InChI=1S/C28H28FN3O3/c1-34-27-10-5-19(16-24(27)29)26-17-20-15-23(31-13-11-21(30)12-14-31)8-9-25(20)32(26)22-6-3-18(4-7-22)28(33)35-2/h3-10,15-17,21H,11-14,30H2,1-2H3. The molecule has 0 unspecified atom stereocenters. The summed E-state index contributed by atoms with van der Waals surface area (Å²) >= 11 is 0. The Labute approximate surface area is 203 Å². The maximum absolute atomic E-state index is 14.6. The van der Waals surface area contributed by atoms with Crippen LogP contribution in [0, 0.1) is 5.82 Å². The molecule has 0 aliphatic carbocycles. The molecule has 0 spiro atoms. The number of hydrogen-bond acceptors (Lipinski definition) is 5. The van der Waals surface area contributed by atoms with Crippen LogP contribution in [0.1, 0.15) is 23.2 Å². The number of piperidine rings is 1. The zero-order valence-electron chi connectivity index (χ0n) is 19.8. The topological polar surface area (TPSA) is 69.7 Å². The van der Waals surface area contributed by atoms with Gasteiger partial charge in [-0.3, -0.25) is 0 Å². The van der Waals surface area contributed by atoms with E-state index in [-0.39, 0.29) is 11.8 Å². The number of aromatic nitrogens is 1. The third-order valence-corrected chi connectivity index (χ3v) is 6.68. The van der Waals surface area contributed by atoms with Gasteiger partial charge >= 0.3 is 5.97 Å². The van der Waals surface area contributed by atoms with Gasteiger partial charge in [0.05, 0.1) is 31.0 Å². The lowest BCUT2D eigenvalue weighted by Gasteiger charge is -2.32. The summed E-state index contributed by atoms with van der Waals surface area (Å²) in [6.07, 6.45) is 1.95. The van der Waals surface area contributed by atoms with Crippen LogP contribution < -0.4 is 15.4 Å². The lowest BCUT2D eigenvalue weighted by molar-refractivity contribution is 0.0600. The van der Waals surface area contributed by atoms with E-state index in [9.17, 15) is 9.18 Å². The number of esters is 1. The molecule has 3 aromatic carbocycles. The van der Waals surface area contributed by atoms with E-state index in [0.717, 1.165) is 59.5 Å². The van der Waals surface area contributed by atoms with Crippen LogP contribution in [0.25, 0.3) is 27.8 Å². The number of hydrogen-bond donors (Lipinski definition) is 1. The number of benzene rings is 3. The highest BCUT2D eigenvalue weighted by Crippen LogP contribution is 2.35. The summed E-state index contributed by atoms with van der Waals surface area (Å²) in [5, 5.41) is 1.04. The fourth-order valence-corrected chi connectivity index (χ4v) is 4.74. The van der Waals surface area contributed by atoms with Crippen LogP contribution in [0.3, 0.4) is 0 Å². The predicted molar refractivity (Wildman–Crippen MR) is 136 cm³/mol. The lowest BCUT2D eigenvalue weighted by atomic mass is 10.1. The van der Waals surface area contributed by atoms with E-state index in [1.54, 1.807) is 18.2 Å². The van der Waals surface area contributed by atoms with E-state index in [0.29, 0.717) is 5.56 Å².